The Bertz CT molecular complexity index is 718. The minimum Gasteiger partial charge on any atom is -0.446 e. The van der Waals surface area contributed by atoms with Crippen LogP contribution in [-0.4, -0.2) is 43.9 Å². The maximum absolute atomic E-state index is 12.4. The van der Waals surface area contributed by atoms with Crippen LogP contribution >= 0.6 is 0 Å². The summed E-state index contributed by atoms with van der Waals surface area (Å²) in [5, 5.41) is 7.80. The summed E-state index contributed by atoms with van der Waals surface area (Å²) in [5.74, 6) is 2.14. The molecule has 7 heteroatoms. The molecule has 0 radical (unpaired) electrons. The molecule has 0 spiro atoms. The van der Waals surface area contributed by atoms with Crippen LogP contribution in [0.5, 0.6) is 0 Å². The minimum absolute atomic E-state index is 0.0252. The molecule has 3 heterocycles. The number of likely N-dealkylation sites (tertiary alicyclic amines) is 1. The molecule has 7 nitrogen and oxygen atoms in total. The summed E-state index contributed by atoms with van der Waals surface area (Å²) in [6.07, 6.45) is 10.7. The molecule has 0 N–H and O–H groups in total. The summed E-state index contributed by atoms with van der Waals surface area (Å²) >= 11 is 0. The van der Waals surface area contributed by atoms with E-state index in [0.717, 1.165) is 50.4 Å². The molecule has 2 aromatic rings. The van der Waals surface area contributed by atoms with Crippen molar-refractivity contribution >= 4 is 12.0 Å². The number of carbonyl (C=O) groups is 1. The summed E-state index contributed by atoms with van der Waals surface area (Å²) in [5.41, 5.74) is 0.688. The van der Waals surface area contributed by atoms with E-state index in [9.17, 15) is 4.79 Å². The number of rotatable bonds is 5. The molecule has 0 unspecified atom stereocenters. The summed E-state index contributed by atoms with van der Waals surface area (Å²) in [6.45, 7) is 3.59. The van der Waals surface area contributed by atoms with Gasteiger partial charge in [-0.3, -0.25) is 9.48 Å². The van der Waals surface area contributed by atoms with Crippen LogP contribution in [0, 0.1) is 5.92 Å². The van der Waals surface area contributed by atoms with Gasteiger partial charge in [0.2, 0.25) is 5.91 Å². The molecule has 1 aliphatic heterocycles. The molecule has 2 aromatic heterocycles. The topological polar surface area (TPSA) is 77.1 Å². The first-order valence-corrected chi connectivity index (χ1v) is 8.41. The zero-order valence-corrected chi connectivity index (χ0v) is 14.2. The van der Waals surface area contributed by atoms with Crippen LogP contribution in [0.25, 0.3) is 6.08 Å². The maximum atomic E-state index is 12.4. The SMILES string of the molecule is CCc1ncc(C[C@@H]2CCCN(C(=O)/C=C/c3cn(C)nn3)C2)o1. The monoisotopic (exact) mass is 329 g/mol. The Balaban J connectivity index is 1.56. The number of hydrogen-bond donors (Lipinski definition) is 0. The molecule has 3 rings (SSSR count). The third-order valence-electron chi connectivity index (χ3n) is 4.24. The Morgan fingerprint density at radius 3 is 3.08 bits per heavy atom. The van der Waals surface area contributed by atoms with Crippen LogP contribution in [0.1, 0.15) is 37.1 Å². The van der Waals surface area contributed by atoms with Gasteiger partial charge in [-0.1, -0.05) is 12.1 Å². The Morgan fingerprint density at radius 1 is 1.50 bits per heavy atom. The van der Waals surface area contributed by atoms with E-state index in [4.69, 9.17) is 4.42 Å². The number of aryl methyl sites for hydroxylation is 2. The van der Waals surface area contributed by atoms with Gasteiger partial charge in [0.1, 0.15) is 11.5 Å². The fraction of sp³-hybridized carbons (Fsp3) is 0.529. The van der Waals surface area contributed by atoms with Crippen molar-refractivity contribution in [3.63, 3.8) is 0 Å². The van der Waals surface area contributed by atoms with Crippen molar-refractivity contribution in [2.45, 2.75) is 32.6 Å². The van der Waals surface area contributed by atoms with Crippen molar-refractivity contribution in [2.75, 3.05) is 13.1 Å². The van der Waals surface area contributed by atoms with Crippen molar-refractivity contribution in [3.05, 3.63) is 35.8 Å². The molecule has 128 valence electrons. The molecule has 1 fully saturated rings. The molecule has 0 aliphatic carbocycles. The van der Waals surface area contributed by atoms with Crippen molar-refractivity contribution in [3.8, 4) is 0 Å². The lowest BCUT2D eigenvalue weighted by Gasteiger charge is -2.31. The molecule has 1 amide bonds. The van der Waals surface area contributed by atoms with E-state index in [1.165, 1.54) is 0 Å². The molecular weight excluding hydrogens is 306 g/mol. The first-order chi connectivity index (χ1) is 11.6. The Labute approximate surface area is 141 Å². The van der Waals surface area contributed by atoms with Gasteiger partial charge in [-0.25, -0.2) is 4.98 Å². The van der Waals surface area contributed by atoms with E-state index < -0.39 is 0 Å². The van der Waals surface area contributed by atoms with E-state index in [2.05, 4.69) is 15.3 Å². The number of carbonyl (C=O) groups excluding carboxylic acids is 1. The average molecular weight is 329 g/mol. The lowest BCUT2D eigenvalue weighted by atomic mass is 9.94. The highest BCUT2D eigenvalue weighted by atomic mass is 16.4. The number of oxazole rings is 1. The van der Waals surface area contributed by atoms with Gasteiger partial charge in [-0.15, -0.1) is 5.10 Å². The van der Waals surface area contributed by atoms with Crippen LogP contribution < -0.4 is 0 Å². The van der Waals surface area contributed by atoms with Crippen LogP contribution in [0.4, 0.5) is 0 Å². The number of piperidine rings is 1. The van der Waals surface area contributed by atoms with Crippen LogP contribution in [-0.2, 0) is 24.7 Å². The van der Waals surface area contributed by atoms with Gasteiger partial charge in [0, 0.05) is 39.1 Å². The van der Waals surface area contributed by atoms with Crippen molar-refractivity contribution in [2.24, 2.45) is 13.0 Å². The smallest absolute Gasteiger partial charge is 0.246 e. The first kappa shape index (κ1) is 16.4. The van der Waals surface area contributed by atoms with Gasteiger partial charge in [-0.05, 0) is 24.8 Å². The zero-order valence-electron chi connectivity index (χ0n) is 14.2. The van der Waals surface area contributed by atoms with Gasteiger partial charge >= 0.3 is 0 Å². The second-order valence-electron chi connectivity index (χ2n) is 6.22. The van der Waals surface area contributed by atoms with Crippen molar-refractivity contribution < 1.29 is 9.21 Å². The Hall–Kier alpha value is -2.44. The van der Waals surface area contributed by atoms with Gasteiger partial charge < -0.3 is 9.32 Å². The average Bonchev–Trinajstić information content (AvgIpc) is 3.21. The number of aromatic nitrogens is 4. The third kappa shape index (κ3) is 4.10. The molecule has 0 aromatic carbocycles. The summed E-state index contributed by atoms with van der Waals surface area (Å²) in [7, 11) is 1.80. The highest BCUT2D eigenvalue weighted by Gasteiger charge is 2.23. The van der Waals surface area contributed by atoms with E-state index in [0.29, 0.717) is 11.6 Å². The Morgan fingerprint density at radius 2 is 2.38 bits per heavy atom. The van der Waals surface area contributed by atoms with E-state index in [-0.39, 0.29) is 5.91 Å². The second-order valence-corrected chi connectivity index (χ2v) is 6.22. The van der Waals surface area contributed by atoms with Gasteiger partial charge in [0.15, 0.2) is 5.89 Å². The standard InChI is InChI=1S/C17H23N5O2/c1-3-16-18-10-15(24-16)9-13-5-4-8-22(11-13)17(23)7-6-14-12-21(2)20-19-14/h6-7,10,12-13H,3-5,8-9,11H2,1-2H3/b7-6+/t13-/m0/s1. The van der Waals surface area contributed by atoms with E-state index >= 15 is 0 Å². The minimum atomic E-state index is 0.0252. The summed E-state index contributed by atoms with van der Waals surface area (Å²) in [6, 6.07) is 0. The second kappa shape index (κ2) is 7.42. The highest BCUT2D eigenvalue weighted by Crippen LogP contribution is 2.21. The first-order valence-electron chi connectivity index (χ1n) is 8.41. The summed E-state index contributed by atoms with van der Waals surface area (Å²) in [4.78, 5) is 18.5. The van der Waals surface area contributed by atoms with Gasteiger partial charge in [-0.2, -0.15) is 0 Å². The Kier molecular flexibility index (Phi) is 5.08. The number of hydrogen-bond acceptors (Lipinski definition) is 5. The van der Waals surface area contributed by atoms with E-state index in [1.807, 2.05) is 18.0 Å². The van der Waals surface area contributed by atoms with Crippen LogP contribution in [0.15, 0.2) is 22.9 Å². The van der Waals surface area contributed by atoms with Gasteiger partial charge in [0.05, 0.1) is 12.4 Å². The van der Waals surface area contributed by atoms with Crippen LogP contribution in [0.2, 0.25) is 0 Å². The summed E-state index contributed by atoms with van der Waals surface area (Å²) < 4.78 is 7.31. The lowest BCUT2D eigenvalue weighted by molar-refractivity contribution is -0.127. The largest absolute Gasteiger partial charge is 0.446 e. The molecule has 0 saturated carbocycles. The van der Waals surface area contributed by atoms with Crippen molar-refractivity contribution in [1.29, 1.82) is 0 Å². The van der Waals surface area contributed by atoms with Crippen LogP contribution in [0.3, 0.4) is 0 Å². The fourth-order valence-electron chi connectivity index (χ4n) is 3.03. The lowest BCUT2D eigenvalue weighted by Crippen LogP contribution is -2.39. The predicted octanol–water partition coefficient (Wildman–Crippen LogP) is 1.86. The molecular formula is C17H23N5O2. The molecule has 0 bridgehead atoms. The maximum Gasteiger partial charge on any atom is 0.246 e. The quantitative estimate of drug-likeness (QED) is 0.783. The molecule has 1 aliphatic rings. The van der Waals surface area contributed by atoms with Crippen molar-refractivity contribution in [1.82, 2.24) is 24.9 Å². The zero-order chi connectivity index (χ0) is 16.9. The highest BCUT2D eigenvalue weighted by molar-refractivity contribution is 5.91. The van der Waals surface area contributed by atoms with E-state index in [1.54, 1.807) is 30.1 Å². The molecule has 24 heavy (non-hydrogen) atoms. The predicted molar refractivity (Wildman–Crippen MR) is 88.9 cm³/mol. The molecule has 1 saturated heterocycles. The fourth-order valence-corrected chi connectivity index (χ4v) is 3.03. The number of amides is 1. The van der Waals surface area contributed by atoms with Gasteiger partial charge in [0.25, 0.3) is 0 Å². The molecule has 1 atom stereocenters. The number of nitrogens with zero attached hydrogens (tertiary/aromatic N) is 5. The third-order valence-corrected chi connectivity index (χ3v) is 4.24. The normalized spacial score (nSPS) is 18.4.